The van der Waals surface area contributed by atoms with Crippen LogP contribution in [-0.2, 0) is 6.54 Å². The second-order valence-electron chi connectivity index (χ2n) is 6.69. The van der Waals surface area contributed by atoms with E-state index in [-0.39, 0.29) is 11.8 Å². The van der Waals surface area contributed by atoms with E-state index in [4.69, 9.17) is 9.15 Å². The van der Waals surface area contributed by atoms with Crippen molar-refractivity contribution in [3.8, 4) is 5.95 Å². The number of methoxy groups -OCH3 is 1. The van der Waals surface area contributed by atoms with E-state index in [1.54, 1.807) is 18.3 Å². The highest BCUT2D eigenvalue weighted by atomic mass is 16.6. The number of nitrogens with zero attached hydrogens (tertiary/aromatic N) is 4. The first kappa shape index (κ1) is 17.3. The largest absolute Gasteiger partial charge is 0.468 e. The lowest BCUT2D eigenvalue weighted by molar-refractivity contribution is 0.0665. The number of imidazole rings is 1. The molecule has 1 aliphatic heterocycles. The van der Waals surface area contributed by atoms with E-state index >= 15 is 0 Å². The van der Waals surface area contributed by atoms with Gasteiger partial charge in [0.1, 0.15) is 5.82 Å². The molecule has 0 N–H and O–H groups in total. The highest BCUT2D eigenvalue weighted by Gasteiger charge is 2.29. The van der Waals surface area contributed by atoms with Crippen LogP contribution in [0.2, 0.25) is 0 Å². The van der Waals surface area contributed by atoms with Crippen molar-refractivity contribution in [2.45, 2.75) is 25.3 Å². The van der Waals surface area contributed by atoms with Crippen molar-refractivity contribution >= 4 is 5.91 Å². The fraction of sp³-hybridized carbons (Fsp3) is 0.350. The molecule has 1 amide bonds. The van der Waals surface area contributed by atoms with Crippen molar-refractivity contribution < 1.29 is 13.9 Å². The average molecular weight is 366 g/mol. The van der Waals surface area contributed by atoms with E-state index in [0.29, 0.717) is 18.3 Å². The molecule has 0 aliphatic carbocycles. The first-order chi connectivity index (χ1) is 13.2. The predicted octanol–water partition coefficient (Wildman–Crippen LogP) is 2.95. The van der Waals surface area contributed by atoms with Gasteiger partial charge in [0, 0.05) is 49.9 Å². The normalized spacial score (nSPS) is 17.1. The van der Waals surface area contributed by atoms with Crippen molar-refractivity contribution in [2.75, 3.05) is 20.2 Å². The molecule has 1 atom stereocenters. The lowest BCUT2D eigenvalue weighted by Gasteiger charge is -2.32. The Bertz CT molecular complexity index is 903. The molecule has 7 heteroatoms. The van der Waals surface area contributed by atoms with Crippen molar-refractivity contribution in [1.29, 1.82) is 0 Å². The summed E-state index contributed by atoms with van der Waals surface area (Å²) in [7, 11) is 1.52. The molecule has 1 aliphatic rings. The summed E-state index contributed by atoms with van der Waals surface area (Å²) >= 11 is 0. The molecule has 3 aromatic heterocycles. The fourth-order valence-corrected chi connectivity index (χ4v) is 3.58. The zero-order valence-electron chi connectivity index (χ0n) is 15.2. The number of hydrogen-bond donors (Lipinski definition) is 0. The number of ether oxygens (including phenoxy) is 1. The van der Waals surface area contributed by atoms with Crippen LogP contribution >= 0.6 is 0 Å². The number of amides is 1. The first-order valence-corrected chi connectivity index (χ1v) is 9.07. The maximum Gasteiger partial charge on any atom is 0.289 e. The lowest BCUT2D eigenvalue weighted by Crippen LogP contribution is -2.39. The van der Waals surface area contributed by atoms with E-state index < -0.39 is 0 Å². The maximum atomic E-state index is 12.8. The number of furan rings is 1. The van der Waals surface area contributed by atoms with E-state index in [9.17, 15) is 4.79 Å². The zero-order valence-corrected chi connectivity index (χ0v) is 15.2. The third kappa shape index (κ3) is 3.72. The standard InChI is InChI=1S/C20H22N4O3/c1-26-18-7-6-17(27-18)20(25)24-10-3-5-16(14-24)19-22-9-11-23(19)13-15-4-2-8-21-12-15/h2,4,6-9,11-12,16H,3,5,10,13-14H2,1H3/t16-/m1/s1. The fourth-order valence-electron chi connectivity index (χ4n) is 3.58. The van der Waals surface area contributed by atoms with Gasteiger partial charge in [0.15, 0.2) is 5.76 Å². The second kappa shape index (κ2) is 7.65. The van der Waals surface area contributed by atoms with E-state index in [2.05, 4.69) is 20.6 Å². The van der Waals surface area contributed by atoms with Crippen LogP contribution < -0.4 is 4.74 Å². The van der Waals surface area contributed by atoms with Gasteiger partial charge in [-0.15, -0.1) is 0 Å². The molecule has 0 saturated carbocycles. The Morgan fingerprint density at radius 2 is 2.26 bits per heavy atom. The van der Waals surface area contributed by atoms with Crippen LogP contribution in [-0.4, -0.2) is 45.5 Å². The third-order valence-electron chi connectivity index (χ3n) is 4.89. The Labute approximate surface area is 157 Å². The van der Waals surface area contributed by atoms with Crippen LogP contribution in [0.3, 0.4) is 0 Å². The number of carbonyl (C=O) groups is 1. The monoisotopic (exact) mass is 366 g/mol. The minimum atomic E-state index is -0.103. The molecular weight excluding hydrogens is 344 g/mol. The Morgan fingerprint density at radius 1 is 1.33 bits per heavy atom. The van der Waals surface area contributed by atoms with Gasteiger partial charge in [0.05, 0.1) is 13.7 Å². The number of piperidine rings is 1. The predicted molar refractivity (Wildman–Crippen MR) is 98.7 cm³/mol. The summed E-state index contributed by atoms with van der Waals surface area (Å²) in [5.41, 5.74) is 1.13. The van der Waals surface area contributed by atoms with Crippen molar-refractivity contribution in [1.82, 2.24) is 19.4 Å². The van der Waals surface area contributed by atoms with E-state index in [1.807, 2.05) is 29.6 Å². The number of carbonyl (C=O) groups excluding carboxylic acids is 1. The minimum Gasteiger partial charge on any atom is -0.468 e. The summed E-state index contributed by atoms with van der Waals surface area (Å²) in [6, 6.07) is 7.31. The molecule has 27 heavy (non-hydrogen) atoms. The summed E-state index contributed by atoms with van der Waals surface area (Å²) in [5, 5.41) is 0. The molecule has 1 fully saturated rings. The molecule has 0 radical (unpaired) electrons. The summed E-state index contributed by atoms with van der Waals surface area (Å²) in [6.45, 7) is 2.08. The number of rotatable bonds is 5. The quantitative estimate of drug-likeness (QED) is 0.694. The Balaban J connectivity index is 1.49. The van der Waals surface area contributed by atoms with Gasteiger partial charge in [-0.3, -0.25) is 9.78 Å². The summed E-state index contributed by atoms with van der Waals surface area (Å²) in [4.78, 5) is 23.4. The first-order valence-electron chi connectivity index (χ1n) is 9.07. The van der Waals surface area contributed by atoms with Crippen LogP contribution in [0.1, 0.15) is 40.7 Å². The molecule has 0 unspecified atom stereocenters. The van der Waals surface area contributed by atoms with Crippen molar-refractivity contribution in [2.24, 2.45) is 0 Å². The summed E-state index contributed by atoms with van der Waals surface area (Å²) < 4.78 is 12.6. The van der Waals surface area contributed by atoms with Gasteiger partial charge in [-0.1, -0.05) is 6.07 Å². The molecule has 4 rings (SSSR count). The van der Waals surface area contributed by atoms with Gasteiger partial charge >= 0.3 is 0 Å². The van der Waals surface area contributed by atoms with Gasteiger partial charge in [0.25, 0.3) is 11.9 Å². The smallest absolute Gasteiger partial charge is 0.289 e. The summed E-state index contributed by atoms with van der Waals surface area (Å²) in [6.07, 6.45) is 9.39. The molecule has 4 heterocycles. The second-order valence-corrected chi connectivity index (χ2v) is 6.69. The number of pyridine rings is 1. The summed E-state index contributed by atoms with van der Waals surface area (Å²) in [5.74, 6) is 1.76. The van der Waals surface area contributed by atoms with Gasteiger partial charge in [-0.25, -0.2) is 4.98 Å². The zero-order chi connectivity index (χ0) is 18.6. The number of hydrogen-bond acceptors (Lipinski definition) is 5. The van der Waals surface area contributed by atoms with Crippen LogP contribution in [0.25, 0.3) is 0 Å². The van der Waals surface area contributed by atoms with E-state index in [0.717, 1.165) is 37.3 Å². The van der Waals surface area contributed by atoms with E-state index in [1.165, 1.54) is 7.11 Å². The van der Waals surface area contributed by atoms with Crippen molar-refractivity contribution in [3.05, 3.63) is 66.2 Å². The van der Waals surface area contributed by atoms with Crippen molar-refractivity contribution in [3.63, 3.8) is 0 Å². The van der Waals surface area contributed by atoms with Crippen LogP contribution in [0.15, 0.2) is 53.5 Å². The Kier molecular flexibility index (Phi) is 4.91. The molecule has 3 aromatic rings. The number of likely N-dealkylation sites (tertiary alicyclic amines) is 1. The average Bonchev–Trinajstić information content (AvgIpc) is 3.38. The molecular formula is C20H22N4O3. The van der Waals surface area contributed by atoms with Crippen LogP contribution in [0.4, 0.5) is 0 Å². The topological polar surface area (TPSA) is 73.4 Å². The molecule has 140 valence electrons. The molecule has 1 saturated heterocycles. The Hall–Kier alpha value is -3.09. The van der Waals surface area contributed by atoms with Gasteiger partial charge < -0.3 is 18.6 Å². The van der Waals surface area contributed by atoms with Gasteiger partial charge in [-0.05, 0) is 30.5 Å². The number of aromatic nitrogens is 3. The third-order valence-corrected chi connectivity index (χ3v) is 4.89. The molecule has 0 bridgehead atoms. The highest BCUT2D eigenvalue weighted by Crippen LogP contribution is 2.28. The lowest BCUT2D eigenvalue weighted by atomic mass is 9.96. The Morgan fingerprint density at radius 3 is 3.04 bits per heavy atom. The highest BCUT2D eigenvalue weighted by molar-refractivity contribution is 5.91. The molecule has 0 aromatic carbocycles. The molecule has 7 nitrogen and oxygen atoms in total. The van der Waals surface area contributed by atoms with Gasteiger partial charge in [0.2, 0.25) is 0 Å². The SMILES string of the molecule is COc1ccc(C(=O)N2CCC[C@@H](c3nccn3Cc3cccnc3)C2)o1. The maximum absolute atomic E-state index is 12.8. The van der Waals surface area contributed by atoms with Crippen LogP contribution in [0.5, 0.6) is 5.95 Å². The minimum absolute atomic E-state index is 0.103. The molecule has 0 spiro atoms. The van der Waals surface area contributed by atoms with Gasteiger partial charge in [-0.2, -0.15) is 0 Å². The van der Waals surface area contributed by atoms with Crippen LogP contribution in [0, 0.1) is 0 Å².